The number of unbranched alkanes of at least 4 members (excludes halogenated alkanes) is 2. The van der Waals surface area contributed by atoms with Crippen LogP contribution >= 0.6 is 0 Å². The Morgan fingerprint density at radius 1 is 1.00 bits per heavy atom. The second-order valence-electron chi connectivity index (χ2n) is 7.63. The van der Waals surface area contributed by atoms with E-state index in [-0.39, 0.29) is 5.91 Å². The Kier molecular flexibility index (Phi) is 7.02. The monoisotopic (exact) mass is 365 g/mol. The van der Waals surface area contributed by atoms with Crippen LogP contribution in [-0.4, -0.2) is 30.4 Å². The quantitative estimate of drug-likeness (QED) is 0.688. The van der Waals surface area contributed by atoms with Crippen LogP contribution in [0.25, 0.3) is 0 Å². The first-order valence-corrected chi connectivity index (χ1v) is 10.0. The number of carbonyl (C=O) groups excluding carboxylic acids is 1. The van der Waals surface area contributed by atoms with E-state index < -0.39 is 0 Å². The summed E-state index contributed by atoms with van der Waals surface area (Å²) in [5.41, 5.74) is 10.2. The number of nitrogens with zero attached hydrogens (tertiary/aromatic N) is 1. The maximum absolute atomic E-state index is 12.4. The first-order valence-electron chi connectivity index (χ1n) is 10.0. The number of amides is 1. The summed E-state index contributed by atoms with van der Waals surface area (Å²) in [6.07, 6.45) is 5.70. The molecule has 1 aliphatic heterocycles. The number of nitrogens with one attached hydrogen (secondary N) is 2. The summed E-state index contributed by atoms with van der Waals surface area (Å²) < 4.78 is 0. The molecule has 1 aliphatic rings. The predicted molar refractivity (Wildman–Crippen MR) is 110 cm³/mol. The Hall–Kier alpha value is -2.17. The van der Waals surface area contributed by atoms with Crippen molar-refractivity contribution in [2.24, 2.45) is 0 Å². The van der Waals surface area contributed by atoms with Crippen LogP contribution in [0.2, 0.25) is 0 Å². The van der Waals surface area contributed by atoms with Gasteiger partial charge in [-0.15, -0.1) is 0 Å². The lowest BCUT2D eigenvalue weighted by Gasteiger charge is -2.17. The van der Waals surface area contributed by atoms with Gasteiger partial charge in [-0.3, -0.25) is 15.6 Å². The first-order chi connectivity index (χ1) is 13.1. The minimum absolute atomic E-state index is 0.113. The molecule has 1 amide bonds. The van der Waals surface area contributed by atoms with Crippen LogP contribution in [0.5, 0.6) is 0 Å². The number of hydrogen-bond donors (Lipinski definition) is 2. The topological polar surface area (TPSA) is 44.4 Å². The van der Waals surface area contributed by atoms with E-state index in [9.17, 15) is 4.79 Å². The van der Waals surface area contributed by atoms with E-state index >= 15 is 0 Å². The minimum atomic E-state index is 0.113. The summed E-state index contributed by atoms with van der Waals surface area (Å²) in [5.74, 6) is 0.113. The van der Waals surface area contributed by atoms with E-state index in [0.717, 1.165) is 31.4 Å². The van der Waals surface area contributed by atoms with Crippen LogP contribution in [0.4, 0.5) is 0 Å². The van der Waals surface area contributed by atoms with Crippen LogP contribution < -0.4 is 10.9 Å². The highest BCUT2D eigenvalue weighted by molar-refractivity contribution is 5.94. The van der Waals surface area contributed by atoms with Gasteiger partial charge in [0.25, 0.3) is 5.91 Å². The molecule has 2 aromatic carbocycles. The molecule has 0 spiro atoms. The van der Waals surface area contributed by atoms with Gasteiger partial charge >= 0.3 is 0 Å². The molecule has 4 nitrogen and oxygen atoms in total. The summed E-state index contributed by atoms with van der Waals surface area (Å²) >= 11 is 0. The largest absolute Gasteiger partial charge is 0.342 e. The summed E-state index contributed by atoms with van der Waals surface area (Å²) in [5, 5.41) is 0. The lowest BCUT2D eigenvalue weighted by Crippen LogP contribution is -2.30. The van der Waals surface area contributed by atoms with Gasteiger partial charge < -0.3 is 4.90 Å². The molecule has 2 atom stereocenters. The second kappa shape index (κ2) is 9.67. The average molecular weight is 366 g/mol. The lowest BCUT2D eigenvalue weighted by atomic mass is 9.99. The van der Waals surface area contributed by atoms with E-state index in [0.29, 0.717) is 12.1 Å². The fraction of sp³-hybridized carbons (Fsp3) is 0.435. The molecule has 0 saturated carbocycles. The Bertz CT molecular complexity index is 714. The highest BCUT2D eigenvalue weighted by Crippen LogP contribution is 2.24. The third-order valence-electron chi connectivity index (χ3n) is 5.38. The van der Waals surface area contributed by atoms with Gasteiger partial charge in [0.2, 0.25) is 0 Å². The van der Waals surface area contributed by atoms with Crippen molar-refractivity contribution in [3.05, 3.63) is 71.3 Å². The molecule has 0 aromatic heterocycles. The Labute approximate surface area is 162 Å². The molecule has 2 N–H and O–H groups in total. The molecule has 1 saturated heterocycles. The average Bonchev–Trinajstić information content (AvgIpc) is 3.17. The molecular formula is C23H31N3O. The van der Waals surface area contributed by atoms with Gasteiger partial charge in [-0.05, 0) is 43.9 Å². The minimum Gasteiger partial charge on any atom is -0.342 e. The van der Waals surface area contributed by atoms with E-state index in [1.165, 1.54) is 24.0 Å². The molecule has 4 heteroatoms. The fourth-order valence-corrected chi connectivity index (χ4v) is 3.65. The van der Waals surface area contributed by atoms with Crippen LogP contribution in [0.3, 0.4) is 0 Å². The standard InChI is InChI=1S/C23H31N3O/c1-18-12-14-20(15-13-18)23(27)26(2)16-8-4-7-11-21-17-22(25-24-21)19-9-5-3-6-10-19/h3,5-6,9-10,12-15,21-22,24-25H,4,7-8,11,16-17H2,1-2H3. The van der Waals surface area contributed by atoms with Gasteiger partial charge in [0, 0.05) is 31.2 Å². The van der Waals surface area contributed by atoms with Gasteiger partial charge in [0.1, 0.15) is 0 Å². The third kappa shape index (κ3) is 5.65. The van der Waals surface area contributed by atoms with Crippen molar-refractivity contribution in [1.82, 2.24) is 15.8 Å². The van der Waals surface area contributed by atoms with Crippen LogP contribution in [-0.2, 0) is 0 Å². The number of carbonyl (C=O) groups is 1. The highest BCUT2D eigenvalue weighted by Gasteiger charge is 2.24. The van der Waals surface area contributed by atoms with E-state index in [1.54, 1.807) is 0 Å². The molecule has 0 bridgehead atoms. The molecule has 27 heavy (non-hydrogen) atoms. The predicted octanol–water partition coefficient (Wildman–Crippen LogP) is 4.24. The maximum Gasteiger partial charge on any atom is 0.253 e. The Balaban J connectivity index is 1.31. The zero-order valence-corrected chi connectivity index (χ0v) is 16.4. The number of aryl methyl sites for hydroxylation is 1. The van der Waals surface area contributed by atoms with Crippen LogP contribution in [0, 0.1) is 6.92 Å². The molecule has 1 heterocycles. The van der Waals surface area contributed by atoms with Crippen molar-refractivity contribution in [2.45, 2.75) is 51.1 Å². The number of rotatable bonds is 8. The second-order valence-corrected chi connectivity index (χ2v) is 7.63. The molecule has 1 fully saturated rings. The van der Waals surface area contributed by atoms with Crippen molar-refractivity contribution in [1.29, 1.82) is 0 Å². The van der Waals surface area contributed by atoms with Crippen LogP contribution in [0.1, 0.15) is 59.6 Å². The number of benzene rings is 2. The molecule has 0 radical (unpaired) electrons. The van der Waals surface area contributed by atoms with Crippen LogP contribution in [0.15, 0.2) is 54.6 Å². The van der Waals surface area contributed by atoms with Crippen molar-refractivity contribution in [2.75, 3.05) is 13.6 Å². The summed E-state index contributed by atoms with van der Waals surface area (Å²) in [6, 6.07) is 19.4. The summed E-state index contributed by atoms with van der Waals surface area (Å²) in [6.45, 7) is 2.85. The van der Waals surface area contributed by atoms with Gasteiger partial charge in [0.05, 0.1) is 0 Å². The summed E-state index contributed by atoms with van der Waals surface area (Å²) in [4.78, 5) is 14.2. The molecular weight excluding hydrogens is 334 g/mol. The van der Waals surface area contributed by atoms with Crippen molar-refractivity contribution < 1.29 is 4.79 Å². The zero-order valence-electron chi connectivity index (χ0n) is 16.4. The van der Waals surface area contributed by atoms with Crippen molar-refractivity contribution >= 4 is 5.91 Å². The fourth-order valence-electron chi connectivity index (χ4n) is 3.65. The maximum atomic E-state index is 12.4. The molecule has 144 valence electrons. The van der Waals surface area contributed by atoms with E-state index in [1.807, 2.05) is 43.1 Å². The molecule has 0 aliphatic carbocycles. The smallest absolute Gasteiger partial charge is 0.253 e. The molecule has 2 unspecified atom stereocenters. The van der Waals surface area contributed by atoms with E-state index in [4.69, 9.17) is 0 Å². The normalized spacial score (nSPS) is 19.2. The molecule has 3 rings (SSSR count). The highest BCUT2D eigenvalue weighted by atomic mass is 16.2. The Morgan fingerprint density at radius 2 is 1.74 bits per heavy atom. The summed E-state index contributed by atoms with van der Waals surface area (Å²) in [7, 11) is 1.90. The molecule has 2 aromatic rings. The van der Waals surface area contributed by atoms with Gasteiger partial charge in [0.15, 0.2) is 0 Å². The lowest BCUT2D eigenvalue weighted by molar-refractivity contribution is 0.0792. The van der Waals surface area contributed by atoms with E-state index in [2.05, 4.69) is 41.2 Å². The first kappa shape index (κ1) is 19.6. The number of hydrogen-bond acceptors (Lipinski definition) is 3. The van der Waals surface area contributed by atoms with Gasteiger partial charge in [-0.25, -0.2) is 0 Å². The number of hydrazine groups is 1. The van der Waals surface area contributed by atoms with Crippen molar-refractivity contribution in [3.8, 4) is 0 Å². The Morgan fingerprint density at radius 3 is 2.48 bits per heavy atom. The SMILES string of the molecule is Cc1ccc(C(=O)N(C)CCCCCC2CC(c3ccccc3)NN2)cc1. The van der Waals surface area contributed by atoms with Gasteiger partial charge in [-0.1, -0.05) is 60.9 Å². The zero-order chi connectivity index (χ0) is 19.1. The van der Waals surface area contributed by atoms with Gasteiger partial charge in [-0.2, -0.15) is 0 Å². The van der Waals surface area contributed by atoms with Crippen molar-refractivity contribution in [3.63, 3.8) is 0 Å². The third-order valence-corrected chi connectivity index (χ3v) is 5.38.